The van der Waals surface area contributed by atoms with Crippen LogP contribution in [0.5, 0.6) is 0 Å². The Balaban J connectivity index is 0.00000332. The summed E-state index contributed by atoms with van der Waals surface area (Å²) < 4.78 is 66.4. The van der Waals surface area contributed by atoms with E-state index in [0.29, 0.717) is 19.3 Å². The SMILES string of the molecule is CC.CCC(C)OC(=O)C1=CCCCC1S(=O)(=O)Nc1c(F)cc(COC(C)=O)cc1F.[HH]. The van der Waals surface area contributed by atoms with Gasteiger partial charge in [-0.2, -0.15) is 0 Å². The highest BCUT2D eigenvalue weighted by atomic mass is 32.2. The molecule has 0 saturated carbocycles. The van der Waals surface area contributed by atoms with Crippen LogP contribution < -0.4 is 4.72 Å². The Morgan fingerprint density at radius 1 is 1.25 bits per heavy atom. The van der Waals surface area contributed by atoms with Crippen molar-refractivity contribution < 1.29 is 37.7 Å². The van der Waals surface area contributed by atoms with Crippen LogP contribution in [0.3, 0.4) is 0 Å². The molecule has 2 rings (SSSR count). The van der Waals surface area contributed by atoms with Gasteiger partial charge < -0.3 is 9.47 Å². The van der Waals surface area contributed by atoms with Crippen molar-refractivity contribution in [2.75, 3.05) is 4.72 Å². The Morgan fingerprint density at radius 3 is 2.38 bits per heavy atom. The van der Waals surface area contributed by atoms with Crippen molar-refractivity contribution in [3.8, 4) is 0 Å². The van der Waals surface area contributed by atoms with Gasteiger partial charge in [-0.1, -0.05) is 26.8 Å². The zero-order valence-corrected chi connectivity index (χ0v) is 19.9. The van der Waals surface area contributed by atoms with E-state index in [1.807, 2.05) is 25.5 Å². The molecule has 32 heavy (non-hydrogen) atoms. The molecule has 0 radical (unpaired) electrons. The van der Waals surface area contributed by atoms with Crippen molar-refractivity contribution in [1.29, 1.82) is 0 Å². The van der Waals surface area contributed by atoms with Crippen molar-refractivity contribution in [2.45, 2.75) is 78.3 Å². The van der Waals surface area contributed by atoms with E-state index in [1.54, 1.807) is 6.92 Å². The smallest absolute Gasteiger partial charge is 0.335 e. The van der Waals surface area contributed by atoms with E-state index in [2.05, 4.69) is 4.74 Å². The summed E-state index contributed by atoms with van der Waals surface area (Å²) in [4.78, 5) is 23.3. The number of ether oxygens (including phenoxy) is 2. The van der Waals surface area contributed by atoms with Crippen LogP contribution in [0.4, 0.5) is 14.5 Å². The van der Waals surface area contributed by atoms with Crippen molar-refractivity contribution in [2.24, 2.45) is 0 Å². The Labute approximate surface area is 189 Å². The Bertz CT molecular complexity index is 929. The number of hydrogen-bond acceptors (Lipinski definition) is 6. The van der Waals surface area contributed by atoms with Crippen LogP contribution in [0.25, 0.3) is 0 Å². The highest BCUT2D eigenvalue weighted by Crippen LogP contribution is 2.30. The van der Waals surface area contributed by atoms with E-state index in [-0.39, 0.29) is 25.6 Å². The summed E-state index contributed by atoms with van der Waals surface area (Å²) in [5.41, 5.74) is -0.873. The van der Waals surface area contributed by atoms with Crippen molar-refractivity contribution in [3.63, 3.8) is 0 Å². The Morgan fingerprint density at radius 2 is 1.84 bits per heavy atom. The molecule has 0 saturated heterocycles. The first kappa shape index (κ1) is 27.5. The van der Waals surface area contributed by atoms with E-state index < -0.39 is 50.6 Å². The normalized spacial score (nSPS) is 16.7. The van der Waals surface area contributed by atoms with Crippen molar-refractivity contribution >= 4 is 27.6 Å². The first-order valence-corrected chi connectivity index (χ1v) is 12.1. The fourth-order valence-electron chi connectivity index (χ4n) is 2.92. The minimum absolute atomic E-state index is 0. The molecule has 2 unspecified atom stereocenters. The first-order chi connectivity index (χ1) is 15.0. The van der Waals surface area contributed by atoms with Crippen LogP contribution in [0.1, 0.15) is 67.3 Å². The number of nitrogens with one attached hydrogen (secondary N) is 1. The number of carbonyl (C=O) groups excluding carboxylic acids is 2. The monoisotopic (exact) mass is 477 g/mol. The number of benzene rings is 1. The summed E-state index contributed by atoms with van der Waals surface area (Å²) in [6.07, 6.45) is 2.78. The lowest BCUT2D eigenvalue weighted by Gasteiger charge is -2.25. The maximum absolute atomic E-state index is 14.4. The second-order valence-corrected chi connectivity index (χ2v) is 8.93. The van der Waals surface area contributed by atoms with Gasteiger partial charge in [0, 0.05) is 8.35 Å². The minimum Gasteiger partial charge on any atom is -0.461 e. The molecule has 0 amide bonds. The maximum atomic E-state index is 14.4. The van der Waals surface area contributed by atoms with Gasteiger partial charge in [0.1, 0.15) is 17.5 Å². The Kier molecular flexibility index (Phi) is 10.8. The fourth-order valence-corrected chi connectivity index (χ4v) is 4.55. The quantitative estimate of drug-likeness (QED) is 0.537. The molecule has 1 aromatic carbocycles. The first-order valence-electron chi connectivity index (χ1n) is 10.6. The van der Waals surface area contributed by atoms with E-state index in [4.69, 9.17) is 4.74 Å². The summed E-state index contributed by atoms with van der Waals surface area (Å²) in [5, 5.41) is -1.29. The van der Waals surface area contributed by atoms with Crippen LogP contribution in [0.15, 0.2) is 23.8 Å². The molecule has 0 fully saturated rings. The minimum atomic E-state index is -4.34. The zero-order valence-electron chi connectivity index (χ0n) is 19.0. The summed E-state index contributed by atoms with van der Waals surface area (Å²) in [6, 6.07) is 1.75. The second-order valence-electron chi connectivity index (χ2n) is 7.06. The topological polar surface area (TPSA) is 98.8 Å². The number of halogens is 2. The molecule has 0 spiro atoms. The molecule has 1 aliphatic carbocycles. The maximum Gasteiger partial charge on any atom is 0.335 e. The van der Waals surface area contributed by atoms with E-state index in [0.717, 1.165) is 19.1 Å². The van der Waals surface area contributed by atoms with Gasteiger partial charge in [-0.25, -0.2) is 22.0 Å². The van der Waals surface area contributed by atoms with Crippen LogP contribution in [-0.2, 0) is 35.7 Å². The molecule has 1 aromatic rings. The summed E-state index contributed by atoms with van der Waals surface area (Å²) in [7, 11) is -4.34. The molecule has 0 heterocycles. The van der Waals surface area contributed by atoms with Gasteiger partial charge >= 0.3 is 11.9 Å². The molecule has 2 atom stereocenters. The summed E-state index contributed by atoms with van der Waals surface area (Å²) >= 11 is 0. The highest BCUT2D eigenvalue weighted by molar-refractivity contribution is 7.93. The van der Waals surface area contributed by atoms with Gasteiger partial charge in [0.05, 0.1) is 11.7 Å². The van der Waals surface area contributed by atoms with Gasteiger partial charge in [0.15, 0.2) is 11.6 Å². The van der Waals surface area contributed by atoms with Gasteiger partial charge in [-0.05, 0) is 50.3 Å². The number of anilines is 1. The van der Waals surface area contributed by atoms with Gasteiger partial charge in [0.25, 0.3) is 0 Å². The van der Waals surface area contributed by atoms with Crippen LogP contribution in [-0.4, -0.2) is 31.7 Å². The molecule has 0 aliphatic heterocycles. The molecule has 0 aromatic heterocycles. The largest absolute Gasteiger partial charge is 0.461 e. The number of carbonyl (C=O) groups is 2. The predicted octanol–water partition coefficient (Wildman–Crippen LogP) is 4.86. The van der Waals surface area contributed by atoms with E-state index in [9.17, 15) is 26.8 Å². The lowest BCUT2D eigenvalue weighted by Crippen LogP contribution is -2.35. The average molecular weight is 478 g/mol. The number of rotatable bonds is 8. The van der Waals surface area contributed by atoms with E-state index in [1.165, 1.54) is 6.08 Å². The third-order valence-corrected chi connectivity index (χ3v) is 6.39. The molecule has 1 aliphatic rings. The second kappa shape index (κ2) is 12.5. The van der Waals surface area contributed by atoms with Crippen LogP contribution >= 0.6 is 0 Å². The van der Waals surface area contributed by atoms with Gasteiger partial charge in [0.2, 0.25) is 10.0 Å². The molecule has 1 N–H and O–H groups in total. The molecule has 0 bridgehead atoms. The third kappa shape index (κ3) is 7.58. The number of allylic oxidation sites excluding steroid dienone is 1. The summed E-state index contributed by atoms with van der Waals surface area (Å²) in [5.74, 6) is -3.70. The number of esters is 2. The lowest BCUT2D eigenvalue weighted by molar-refractivity contribution is -0.144. The highest BCUT2D eigenvalue weighted by Gasteiger charge is 2.36. The summed E-state index contributed by atoms with van der Waals surface area (Å²) in [6.45, 7) is 8.30. The van der Waals surface area contributed by atoms with Crippen LogP contribution in [0.2, 0.25) is 0 Å². The van der Waals surface area contributed by atoms with Gasteiger partial charge in [-0.15, -0.1) is 0 Å². The van der Waals surface area contributed by atoms with E-state index >= 15 is 0 Å². The molecular weight excluding hydrogens is 444 g/mol. The molecule has 7 nitrogen and oxygen atoms in total. The third-order valence-electron chi connectivity index (χ3n) is 4.66. The number of hydrogen-bond donors (Lipinski definition) is 1. The average Bonchev–Trinajstić information content (AvgIpc) is 2.76. The van der Waals surface area contributed by atoms with Crippen molar-refractivity contribution in [3.05, 3.63) is 41.0 Å². The van der Waals surface area contributed by atoms with Crippen LogP contribution in [0, 0.1) is 11.6 Å². The molecular formula is C22H33F2NO6S. The molecule has 10 heteroatoms. The Hall–Kier alpha value is -2.49. The predicted molar refractivity (Wildman–Crippen MR) is 119 cm³/mol. The lowest BCUT2D eigenvalue weighted by atomic mass is 9.99. The standard InChI is InChI=1S/C20H25F2NO6S.C2H6.H2/c1-4-12(2)29-20(25)15-7-5-6-8-18(15)30(26,27)23-19-16(21)9-14(10-17(19)22)11-28-13(3)24;1-2;/h7,9-10,12,18,23H,4-6,8,11H2,1-3H3;1-2H3;1H. The fraction of sp³-hybridized carbons (Fsp3) is 0.545. The van der Waals surface area contributed by atoms with Crippen molar-refractivity contribution in [1.82, 2.24) is 0 Å². The van der Waals surface area contributed by atoms with Gasteiger partial charge in [-0.3, -0.25) is 9.52 Å². The molecule has 182 valence electrons. The zero-order chi connectivity index (χ0) is 24.5. The number of sulfonamides is 1.